The second kappa shape index (κ2) is 5.53. The van der Waals surface area contributed by atoms with Gasteiger partial charge in [0.2, 0.25) is 5.16 Å². The Morgan fingerprint density at radius 2 is 2.15 bits per heavy atom. The van der Waals surface area contributed by atoms with Crippen LogP contribution in [0, 0.1) is 5.41 Å². The van der Waals surface area contributed by atoms with Crippen molar-refractivity contribution in [3.05, 3.63) is 17.8 Å². The van der Waals surface area contributed by atoms with Gasteiger partial charge in [-0.15, -0.1) is 10.2 Å². The second-order valence-corrected chi connectivity index (χ2v) is 5.57. The average molecular weight is 290 g/mol. The predicted octanol–water partition coefficient (Wildman–Crippen LogP) is 1.01. The van der Waals surface area contributed by atoms with Crippen molar-refractivity contribution in [1.29, 1.82) is 5.41 Å². The van der Waals surface area contributed by atoms with E-state index in [1.165, 1.54) is 30.8 Å². The Morgan fingerprint density at radius 1 is 1.35 bits per heavy atom. The summed E-state index contributed by atoms with van der Waals surface area (Å²) >= 11 is 1.30. The quantitative estimate of drug-likeness (QED) is 0.637. The van der Waals surface area contributed by atoms with Gasteiger partial charge in [0.05, 0.1) is 17.8 Å². The van der Waals surface area contributed by atoms with E-state index in [4.69, 9.17) is 11.1 Å². The van der Waals surface area contributed by atoms with Crippen LogP contribution in [-0.2, 0) is 0 Å². The maximum atomic E-state index is 7.56. The summed E-state index contributed by atoms with van der Waals surface area (Å²) in [6, 6.07) is 2.02. The normalized spacial score (nSPS) is 15.6. The molecule has 0 aliphatic heterocycles. The van der Waals surface area contributed by atoms with Gasteiger partial charge < -0.3 is 5.73 Å². The van der Waals surface area contributed by atoms with Crippen LogP contribution < -0.4 is 5.73 Å². The molecule has 1 saturated carbocycles. The van der Waals surface area contributed by atoms with E-state index in [0.717, 1.165) is 12.8 Å². The number of tetrazole rings is 1. The van der Waals surface area contributed by atoms with E-state index in [1.54, 1.807) is 6.07 Å². The zero-order valence-corrected chi connectivity index (χ0v) is 11.5. The number of aromatic nitrogens is 6. The van der Waals surface area contributed by atoms with Gasteiger partial charge in [-0.05, 0) is 41.1 Å². The van der Waals surface area contributed by atoms with Crippen molar-refractivity contribution < 1.29 is 0 Å². The first-order valence-corrected chi connectivity index (χ1v) is 7.19. The summed E-state index contributed by atoms with van der Waals surface area (Å²) in [7, 11) is 0. The highest BCUT2D eigenvalue weighted by atomic mass is 32.2. The van der Waals surface area contributed by atoms with E-state index in [0.29, 0.717) is 21.8 Å². The van der Waals surface area contributed by atoms with Crippen LogP contribution in [0.15, 0.2) is 22.4 Å². The van der Waals surface area contributed by atoms with Crippen LogP contribution >= 0.6 is 11.8 Å². The summed E-state index contributed by atoms with van der Waals surface area (Å²) < 4.78 is 1.84. The number of hydrogen-bond acceptors (Lipinski definition) is 7. The van der Waals surface area contributed by atoms with Gasteiger partial charge in [0.25, 0.3) is 0 Å². The Hall–Kier alpha value is -2.03. The number of nitrogen functional groups attached to an aromatic ring is 1. The summed E-state index contributed by atoms with van der Waals surface area (Å²) in [6.45, 7) is 0. The number of nitrogens with one attached hydrogen (secondary N) is 1. The summed E-state index contributed by atoms with van der Waals surface area (Å²) in [5, 5.41) is 28.5. The fraction of sp³-hybridized carbons (Fsp3) is 0.455. The highest BCUT2D eigenvalue weighted by Crippen LogP contribution is 2.33. The molecular weight excluding hydrogens is 276 g/mol. The average Bonchev–Trinajstić information content (AvgIpc) is 3.09. The SMILES string of the molecule is N=C(N)c1ccnnc1Sc1nnnn1C1CCCC1. The minimum atomic E-state index is -0.0395. The third-order valence-corrected chi connectivity index (χ3v) is 4.24. The van der Waals surface area contributed by atoms with E-state index in [1.807, 2.05) is 4.68 Å². The molecule has 104 valence electrons. The Balaban J connectivity index is 1.88. The number of amidine groups is 1. The Kier molecular flexibility index (Phi) is 3.59. The minimum Gasteiger partial charge on any atom is -0.384 e. The lowest BCUT2D eigenvalue weighted by atomic mass is 10.3. The van der Waals surface area contributed by atoms with E-state index in [9.17, 15) is 0 Å². The van der Waals surface area contributed by atoms with Crippen LogP contribution in [0.1, 0.15) is 37.3 Å². The van der Waals surface area contributed by atoms with Crippen molar-refractivity contribution in [2.45, 2.75) is 41.9 Å². The van der Waals surface area contributed by atoms with Gasteiger partial charge in [-0.25, -0.2) is 4.68 Å². The van der Waals surface area contributed by atoms with Crippen LogP contribution in [0.3, 0.4) is 0 Å². The second-order valence-electron chi connectivity index (χ2n) is 4.61. The largest absolute Gasteiger partial charge is 0.384 e. The summed E-state index contributed by atoms with van der Waals surface area (Å²) in [6.07, 6.45) is 6.12. The number of rotatable bonds is 4. The highest BCUT2D eigenvalue weighted by Gasteiger charge is 2.23. The molecule has 0 radical (unpaired) electrons. The van der Waals surface area contributed by atoms with Crippen molar-refractivity contribution in [3.8, 4) is 0 Å². The van der Waals surface area contributed by atoms with E-state index in [2.05, 4.69) is 25.7 Å². The molecule has 0 aromatic carbocycles. The molecular formula is C11H14N8S. The summed E-state index contributed by atoms with van der Waals surface area (Å²) in [4.78, 5) is 0. The number of nitrogens with two attached hydrogens (primary N) is 1. The first-order valence-electron chi connectivity index (χ1n) is 6.37. The molecule has 0 atom stereocenters. The summed E-state index contributed by atoms with van der Waals surface area (Å²) in [5.41, 5.74) is 6.09. The minimum absolute atomic E-state index is 0.0395. The molecule has 0 amide bonds. The van der Waals surface area contributed by atoms with Gasteiger partial charge in [-0.1, -0.05) is 12.8 Å². The fourth-order valence-corrected chi connectivity index (χ4v) is 3.22. The van der Waals surface area contributed by atoms with Crippen LogP contribution in [0.4, 0.5) is 0 Å². The van der Waals surface area contributed by atoms with Gasteiger partial charge in [-0.3, -0.25) is 5.41 Å². The maximum absolute atomic E-state index is 7.56. The monoisotopic (exact) mass is 290 g/mol. The lowest BCUT2D eigenvalue weighted by molar-refractivity contribution is 0.423. The fourth-order valence-electron chi connectivity index (χ4n) is 2.32. The molecule has 3 rings (SSSR count). The molecule has 8 nitrogen and oxygen atoms in total. The van der Waals surface area contributed by atoms with Crippen LogP contribution in [-0.4, -0.2) is 36.2 Å². The Labute approximate surface area is 119 Å². The van der Waals surface area contributed by atoms with E-state index in [-0.39, 0.29) is 5.84 Å². The third kappa shape index (κ3) is 2.48. The van der Waals surface area contributed by atoms with Crippen molar-refractivity contribution >= 4 is 17.6 Å². The van der Waals surface area contributed by atoms with Crippen LogP contribution in [0.25, 0.3) is 0 Å². The van der Waals surface area contributed by atoms with Crippen molar-refractivity contribution in [2.24, 2.45) is 5.73 Å². The molecule has 2 aromatic rings. The molecule has 3 N–H and O–H groups in total. The molecule has 1 fully saturated rings. The van der Waals surface area contributed by atoms with Crippen molar-refractivity contribution in [3.63, 3.8) is 0 Å². The topological polar surface area (TPSA) is 119 Å². The van der Waals surface area contributed by atoms with Gasteiger partial charge in [0, 0.05) is 0 Å². The smallest absolute Gasteiger partial charge is 0.215 e. The molecule has 20 heavy (non-hydrogen) atoms. The van der Waals surface area contributed by atoms with Gasteiger partial charge in [0.15, 0.2) is 0 Å². The van der Waals surface area contributed by atoms with Crippen molar-refractivity contribution in [1.82, 2.24) is 30.4 Å². The summed E-state index contributed by atoms with van der Waals surface area (Å²) in [5.74, 6) is -0.0395. The maximum Gasteiger partial charge on any atom is 0.215 e. The standard InChI is InChI=1S/C11H14N8S/c12-9(13)8-5-6-14-15-10(8)20-11-16-17-18-19(11)7-3-1-2-4-7/h5-7H,1-4H2,(H3,12,13). The molecule has 1 aliphatic carbocycles. The zero-order valence-electron chi connectivity index (χ0n) is 10.7. The molecule has 0 saturated heterocycles. The molecule has 9 heteroatoms. The Morgan fingerprint density at radius 3 is 2.90 bits per heavy atom. The molecule has 0 bridgehead atoms. The molecule has 2 heterocycles. The first kappa shape index (κ1) is 13.0. The van der Waals surface area contributed by atoms with Crippen LogP contribution in [0.5, 0.6) is 0 Å². The molecule has 1 aliphatic rings. The third-order valence-electron chi connectivity index (χ3n) is 3.30. The number of hydrogen-bond donors (Lipinski definition) is 2. The zero-order chi connectivity index (χ0) is 13.9. The lowest BCUT2D eigenvalue weighted by Crippen LogP contribution is -2.14. The van der Waals surface area contributed by atoms with E-state index >= 15 is 0 Å². The van der Waals surface area contributed by atoms with Gasteiger partial charge >= 0.3 is 0 Å². The first-order chi connectivity index (χ1) is 9.75. The lowest BCUT2D eigenvalue weighted by Gasteiger charge is -2.11. The van der Waals surface area contributed by atoms with Gasteiger partial charge in [0.1, 0.15) is 10.9 Å². The number of nitrogens with zero attached hydrogens (tertiary/aromatic N) is 6. The van der Waals surface area contributed by atoms with Crippen molar-refractivity contribution in [2.75, 3.05) is 0 Å². The highest BCUT2D eigenvalue weighted by molar-refractivity contribution is 7.99. The predicted molar refractivity (Wildman–Crippen MR) is 72.5 cm³/mol. The van der Waals surface area contributed by atoms with E-state index < -0.39 is 0 Å². The van der Waals surface area contributed by atoms with Gasteiger partial charge in [-0.2, -0.15) is 5.10 Å². The molecule has 0 unspecified atom stereocenters. The molecule has 2 aromatic heterocycles. The molecule has 0 spiro atoms. The van der Waals surface area contributed by atoms with Crippen LogP contribution in [0.2, 0.25) is 0 Å². The Bertz CT molecular complexity index is 618.